The Bertz CT molecular complexity index is 449. The number of nitro groups is 1. The second-order valence-corrected chi connectivity index (χ2v) is 5.84. The van der Waals surface area contributed by atoms with Gasteiger partial charge in [0.15, 0.2) is 0 Å². The summed E-state index contributed by atoms with van der Waals surface area (Å²) in [7, 11) is 0.437. The normalized spacial score (nSPS) is 14.4. The van der Waals surface area contributed by atoms with Crippen LogP contribution >= 0.6 is 0 Å². The first-order valence-electron chi connectivity index (χ1n) is 5.76. The standard InChI is InChI=1S/C12H18N2O3S/c1-9(2)10(13-3)8-18(17)12-7-5-4-6-11(12)14(15)16/h4-7,9-10,13H,8H2,1-3H3. The third-order valence-corrected chi connectivity index (χ3v) is 4.31. The van der Waals surface area contributed by atoms with E-state index in [1.807, 2.05) is 13.8 Å². The van der Waals surface area contributed by atoms with Gasteiger partial charge in [-0.15, -0.1) is 0 Å². The largest absolute Gasteiger partial charge is 0.316 e. The first kappa shape index (κ1) is 14.8. The zero-order valence-electron chi connectivity index (χ0n) is 10.8. The van der Waals surface area contributed by atoms with Crippen molar-refractivity contribution in [3.63, 3.8) is 0 Å². The summed E-state index contributed by atoms with van der Waals surface area (Å²) in [6.45, 7) is 4.05. The van der Waals surface area contributed by atoms with Gasteiger partial charge in [0.2, 0.25) is 0 Å². The molecule has 1 N–H and O–H groups in total. The fraction of sp³-hybridized carbons (Fsp3) is 0.500. The maximum absolute atomic E-state index is 12.2. The Hall–Kier alpha value is -1.27. The molecule has 0 aliphatic heterocycles. The van der Waals surface area contributed by atoms with Gasteiger partial charge in [-0.25, -0.2) is 0 Å². The number of para-hydroxylation sites is 1. The lowest BCUT2D eigenvalue weighted by Crippen LogP contribution is -2.35. The van der Waals surface area contributed by atoms with Gasteiger partial charge in [0, 0.05) is 17.9 Å². The smallest absolute Gasteiger partial charge is 0.285 e. The van der Waals surface area contributed by atoms with Crippen LogP contribution in [0, 0.1) is 16.0 Å². The molecule has 0 saturated heterocycles. The number of nitrogens with one attached hydrogen (secondary N) is 1. The number of hydrogen-bond donors (Lipinski definition) is 1. The van der Waals surface area contributed by atoms with Gasteiger partial charge in [-0.05, 0) is 19.0 Å². The van der Waals surface area contributed by atoms with Crippen LogP contribution < -0.4 is 5.32 Å². The summed E-state index contributed by atoms with van der Waals surface area (Å²) >= 11 is 0. The molecule has 18 heavy (non-hydrogen) atoms. The van der Waals surface area contributed by atoms with E-state index in [4.69, 9.17) is 0 Å². The summed E-state index contributed by atoms with van der Waals surface area (Å²) in [5.41, 5.74) is -0.0746. The monoisotopic (exact) mass is 270 g/mol. The van der Waals surface area contributed by atoms with Gasteiger partial charge in [-0.2, -0.15) is 0 Å². The minimum absolute atomic E-state index is 0.0746. The van der Waals surface area contributed by atoms with Crippen LogP contribution in [0.15, 0.2) is 29.2 Å². The molecule has 100 valence electrons. The highest BCUT2D eigenvalue weighted by Gasteiger charge is 2.21. The van der Waals surface area contributed by atoms with Crippen molar-refractivity contribution in [1.29, 1.82) is 0 Å². The van der Waals surface area contributed by atoms with E-state index >= 15 is 0 Å². The lowest BCUT2D eigenvalue weighted by atomic mass is 10.1. The minimum atomic E-state index is -1.37. The third kappa shape index (κ3) is 3.61. The molecule has 2 unspecified atom stereocenters. The van der Waals surface area contributed by atoms with Crippen LogP contribution in [0.25, 0.3) is 0 Å². The molecule has 0 bridgehead atoms. The average Bonchev–Trinajstić information content (AvgIpc) is 2.35. The number of benzene rings is 1. The van der Waals surface area contributed by atoms with Crippen molar-refractivity contribution in [1.82, 2.24) is 5.32 Å². The summed E-state index contributed by atoms with van der Waals surface area (Å²) in [6.07, 6.45) is 0. The van der Waals surface area contributed by atoms with Crippen molar-refractivity contribution < 1.29 is 9.13 Å². The number of hydrogen-bond acceptors (Lipinski definition) is 4. The zero-order valence-corrected chi connectivity index (χ0v) is 11.6. The molecular formula is C12H18N2O3S. The van der Waals surface area contributed by atoms with Crippen LogP contribution in [-0.2, 0) is 10.8 Å². The minimum Gasteiger partial charge on any atom is -0.316 e. The number of rotatable bonds is 6. The van der Waals surface area contributed by atoms with Gasteiger partial charge in [-0.1, -0.05) is 26.0 Å². The molecule has 6 heteroatoms. The fourth-order valence-electron chi connectivity index (χ4n) is 1.66. The molecule has 1 rings (SSSR count). The molecule has 0 amide bonds. The predicted octanol–water partition coefficient (Wildman–Crippen LogP) is 1.95. The Kier molecular flexibility index (Phi) is 5.43. The first-order valence-corrected chi connectivity index (χ1v) is 7.08. The molecule has 0 fully saturated rings. The van der Waals surface area contributed by atoms with E-state index in [9.17, 15) is 14.3 Å². The van der Waals surface area contributed by atoms with Crippen molar-refractivity contribution in [3.8, 4) is 0 Å². The highest BCUT2D eigenvalue weighted by Crippen LogP contribution is 2.22. The summed E-state index contributed by atoms with van der Waals surface area (Å²) in [6, 6.07) is 6.27. The molecule has 0 saturated carbocycles. The number of nitro benzene ring substituents is 1. The molecule has 0 spiro atoms. The SMILES string of the molecule is CNC(CS(=O)c1ccccc1[N+](=O)[O-])C(C)C. The highest BCUT2D eigenvalue weighted by atomic mass is 32.2. The molecule has 0 aliphatic carbocycles. The Morgan fingerprint density at radius 1 is 1.39 bits per heavy atom. The van der Waals surface area contributed by atoms with Crippen LogP contribution in [-0.4, -0.2) is 28.0 Å². The van der Waals surface area contributed by atoms with E-state index < -0.39 is 15.7 Å². The second-order valence-electron chi connectivity index (χ2n) is 4.38. The van der Waals surface area contributed by atoms with E-state index in [0.29, 0.717) is 16.6 Å². The van der Waals surface area contributed by atoms with Crippen LogP contribution in [0.3, 0.4) is 0 Å². The van der Waals surface area contributed by atoms with E-state index in [1.54, 1.807) is 25.2 Å². The Labute approximate surface area is 109 Å². The van der Waals surface area contributed by atoms with Crippen molar-refractivity contribution in [3.05, 3.63) is 34.4 Å². The van der Waals surface area contributed by atoms with Crippen molar-refractivity contribution in [2.24, 2.45) is 5.92 Å². The van der Waals surface area contributed by atoms with Gasteiger partial charge in [-0.3, -0.25) is 14.3 Å². The molecule has 1 aromatic rings. The van der Waals surface area contributed by atoms with E-state index in [0.717, 1.165) is 0 Å². The van der Waals surface area contributed by atoms with Crippen LogP contribution in [0.2, 0.25) is 0 Å². The van der Waals surface area contributed by atoms with Crippen LogP contribution in [0.4, 0.5) is 5.69 Å². The van der Waals surface area contributed by atoms with Crippen molar-refractivity contribution >= 4 is 16.5 Å². The van der Waals surface area contributed by atoms with Crippen LogP contribution in [0.1, 0.15) is 13.8 Å². The molecule has 1 aromatic carbocycles. The molecule has 0 radical (unpaired) electrons. The average molecular weight is 270 g/mol. The lowest BCUT2D eigenvalue weighted by Gasteiger charge is -2.19. The molecule has 2 atom stereocenters. The molecular weight excluding hydrogens is 252 g/mol. The van der Waals surface area contributed by atoms with Crippen molar-refractivity contribution in [2.45, 2.75) is 24.8 Å². The topological polar surface area (TPSA) is 72.2 Å². The fourth-order valence-corrected chi connectivity index (χ4v) is 3.33. The van der Waals surface area contributed by atoms with Crippen molar-refractivity contribution in [2.75, 3.05) is 12.8 Å². The first-order chi connectivity index (χ1) is 8.47. The van der Waals surface area contributed by atoms with E-state index in [2.05, 4.69) is 5.32 Å². The lowest BCUT2D eigenvalue weighted by molar-refractivity contribution is -0.387. The van der Waals surface area contributed by atoms with E-state index in [-0.39, 0.29) is 11.7 Å². The van der Waals surface area contributed by atoms with Gasteiger partial charge in [0.25, 0.3) is 5.69 Å². The Morgan fingerprint density at radius 3 is 2.50 bits per heavy atom. The molecule has 0 heterocycles. The maximum atomic E-state index is 12.2. The summed E-state index contributed by atoms with van der Waals surface area (Å²) in [5, 5.41) is 14.0. The Balaban J connectivity index is 2.94. The van der Waals surface area contributed by atoms with Gasteiger partial charge in [0.05, 0.1) is 15.7 Å². The quantitative estimate of drug-likeness (QED) is 0.633. The van der Waals surface area contributed by atoms with E-state index in [1.165, 1.54) is 6.07 Å². The molecule has 5 nitrogen and oxygen atoms in total. The zero-order chi connectivity index (χ0) is 13.7. The summed E-state index contributed by atoms with van der Waals surface area (Å²) in [5.74, 6) is 0.695. The Morgan fingerprint density at radius 2 is 2.00 bits per heavy atom. The van der Waals surface area contributed by atoms with Gasteiger partial charge < -0.3 is 5.32 Å². The highest BCUT2D eigenvalue weighted by molar-refractivity contribution is 7.85. The summed E-state index contributed by atoms with van der Waals surface area (Å²) < 4.78 is 12.2. The van der Waals surface area contributed by atoms with Gasteiger partial charge in [0.1, 0.15) is 4.90 Å². The summed E-state index contributed by atoms with van der Waals surface area (Å²) in [4.78, 5) is 10.7. The maximum Gasteiger partial charge on any atom is 0.285 e. The van der Waals surface area contributed by atoms with Gasteiger partial charge >= 0.3 is 0 Å². The third-order valence-electron chi connectivity index (χ3n) is 2.81. The number of nitrogens with zero attached hydrogens (tertiary/aromatic N) is 1. The van der Waals surface area contributed by atoms with Crippen LogP contribution in [0.5, 0.6) is 0 Å². The molecule has 0 aliphatic rings. The predicted molar refractivity (Wildman–Crippen MR) is 72.1 cm³/mol. The second kappa shape index (κ2) is 6.61. The molecule has 0 aromatic heterocycles.